The second-order valence-corrected chi connectivity index (χ2v) is 4.57. The lowest BCUT2D eigenvalue weighted by atomic mass is 9.97. The molecule has 0 spiro atoms. The Morgan fingerprint density at radius 1 is 1.29 bits per heavy atom. The van der Waals surface area contributed by atoms with Gasteiger partial charge >= 0.3 is 0 Å². The van der Waals surface area contributed by atoms with Gasteiger partial charge in [0.05, 0.1) is 0 Å². The molecule has 0 saturated heterocycles. The van der Waals surface area contributed by atoms with Crippen LogP contribution in [-0.2, 0) is 13.1 Å². The Balaban J connectivity index is 1.93. The van der Waals surface area contributed by atoms with E-state index in [2.05, 4.69) is 22.1 Å². The zero-order chi connectivity index (χ0) is 9.38. The summed E-state index contributed by atoms with van der Waals surface area (Å²) in [6, 6.07) is 2.36. The van der Waals surface area contributed by atoms with Crippen LogP contribution >= 0.6 is 0 Å². The van der Waals surface area contributed by atoms with Gasteiger partial charge in [-0.3, -0.25) is 0 Å². The normalized spacial score (nSPS) is 22.6. The highest BCUT2D eigenvalue weighted by atomic mass is 15.1. The van der Waals surface area contributed by atoms with E-state index in [0.717, 1.165) is 25.6 Å². The summed E-state index contributed by atoms with van der Waals surface area (Å²) in [4.78, 5) is 0. The summed E-state index contributed by atoms with van der Waals surface area (Å²) in [5.41, 5.74) is 3.19. The van der Waals surface area contributed by atoms with Gasteiger partial charge in [-0.2, -0.15) is 0 Å². The second kappa shape index (κ2) is 3.43. The van der Waals surface area contributed by atoms with E-state index in [4.69, 9.17) is 0 Å². The maximum atomic E-state index is 3.47. The first kappa shape index (κ1) is 8.54. The van der Waals surface area contributed by atoms with Gasteiger partial charge < -0.3 is 9.88 Å². The molecule has 0 atom stereocenters. The van der Waals surface area contributed by atoms with Crippen molar-refractivity contribution < 1.29 is 0 Å². The number of nitrogens with one attached hydrogen (secondary N) is 1. The predicted molar refractivity (Wildman–Crippen MR) is 57.3 cm³/mol. The molecule has 1 aliphatic heterocycles. The highest BCUT2D eigenvalue weighted by Gasteiger charge is 2.22. The maximum Gasteiger partial charge on any atom is 0.0362 e. The zero-order valence-corrected chi connectivity index (χ0v) is 8.63. The van der Waals surface area contributed by atoms with Crippen LogP contribution in [0.25, 0.3) is 0 Å². The summed E-state index contributed by atoms with van der Waals surface area (Å²) in [5, 5.41) is 3.47. The fourth-order valence-electron chi connectivity index (χ4n) is 2.95. The van der Waals surface area contributed by atoms with Crippen molar-refractivity contribution in [3.8, 4) is 0 Å². The molecule has 76 valence electrons. The molecule has 1 saturated carbocycles. The van der Waals surface area contributed by atoms with Gasteiger partial charge in [0.25, 0.3) is 0 Å². The molecule has 3 rings (SSSR count). The maximum absolute atomic E-state index is 3.47. The van der Waals surface area contributed by atoms with E-state index in [0.29, 0.717) is 0 Å². The van der Waals surface area contributed by atoms with Crippen molar-refractivity contribution in [2.24, 2.45) is 0 Å². The summed E-state index contributed by atoms with van der Waals surface area (Å²) in [6.07, 6.45) is 7.98. The van der Waals surface area contributed by atoms with Crippen molar-refractivity contribution in [1.29, 1.82) is 0 Å². The van der Waals surface area contributed by atoms with Gasteiger partial charge in [0.1, 0.15) is 0 Å². The van der Waals surface area contributed by atoms with Crippen molar-refractivity contribution in [1.82, 2.24) is 9.88 Å². The largest absolute Gasteiger partial charge is 0.349 e. The Morgan fingerprint density at radius 2 is 2.14 bits per heavy atom. The Kier molecular flexibility index (Phi) is 2.09. The minimum atomic E-state index is 0.867. The molecule has 2 heteroatoms. The molecule has 0 unspecified atom stereocenters. The lowest BCUT2D eigenvalue weighted by molar-refractivity contribution is 0.508. The molecule has 1 aromatic heterocycles. The number of fused-ring (bicyclic) bond motifs is 1. The predicted octanol–water partition coefficient (Wildman–Crippen LogP) is 2.25. The summed E-state index contributed by atoms with van der Waals surface area (Å²) >= 11 is 0. The third-order valence-corrected chi connectivity index (χ3v) is 3.73. The van der Waals surface area contributed by atoms with Crippen LogP contribution in [0.4, 0.5) is 0 Å². The molecule has 0 bridgehead atoms. The van der Waals surface area contributed by atoms with Crippen LogP contribution in [0.1, 0.15) is 42.9 Å². The first-order chi connectivity index (χ1) is 6.95. The van der Waals surface area contributed by atoms with Gasteiger partial charge in [-0.1, -0.05) is 12.8 Å². The van der Waals surface area contributed by atoms with Crippen molar-refractivity contribution in [2.45, 2.75) is 44.7 Å². The number of rotatable bonds is 1. The Morgan fingerprint density at radius 3 is 3.00 bits per heavy atom. The summed E-state index contributed by atoms with van der Waals surface area (Å²) in [6.45, 7) is 3.37. The van der Waals surface area contributed by atoms with Crippen molar-refractivity contribution in [3.63, 3.8) is 0 Å². The zero-order valence-electron chi connectivity index (χ0n) is 8.63. The standard InChI is InChI=1S/C12H18N2/c1-2-4-10(3-1)11-5-7-14-8-6-13-9-12(11)14/h5,7,10,13H,1-4,6,8-9H2. The third kappa shape index (κ3) is 1.29. The average Bonchev–Trinajstić information content (AvgIpc) is 2.85. The minimum Gasteiger partial charge on any atom is -0.349 e. The smallest absolute Gasteiger partial charge is 0.0362 e. The summed E-state index contributed by atoms with van der Waals surface area (Å²) < 4.78 is 2.43. The van der Waals surface area contributed by atoms with Gasteiger partial charge in [-0.25, -0.2) is 0 Å². The highest BCUT2D eigenvalue weighted by molar-refractivity contribution is 5.28. The van der Waals surface area contributed by atoms with Crippen molar-refractivity contribution in [3.05, 3.63) is 23.5 Å². The Hall–Kier alpha value is -0.760. The van der Waals surface area contributed by atoms with Crippen LogP contribution in [0.5, 0.6) is 0 Å². The van der Waals surface area contributed by atoms with E-state index >= 15 is 0 Å². The minimum absolute atomic E-state index is 0.867. The third-order valence-electron chi connectivity index (χ3n) is 3.73. The topological polar surface area (TPSA) is 17.0 Å². The fraction of sp³-hybridized carbons (Fsp3) is 0.667. The Labute approximate surface area is 85.3 Å². The van der Waals surface area contributed by atoms with Gasteiger partial charge in [0.2, 0.25) is 0 Å². The van der Waals surface area contributed by atoms with E-state index in [1.165, 1.54) is 25.7 Å². The molecular formula is C12H18N2. The number of hydrogen-bond acceptors (Lipinski definition) is 1. The first-order valence-electron chi connectivity index (χ1n) is 5.84. The molecule has 0 aromatic carbocycles. The van der Waals surface area contributed by atoms with Crippen molar-refractivity contribution >= 4 is 0 Å². The first-order valence-corrected chi connectivity index (χ1v) is 5.84. The summed E-state index contributed by atoms with van der Waals surface area (Å²) in [5.74, 6) is 0.867. The quantitative estimate of drug-likeness (QED) is 0.718. The average molecular weight is 190 g/mol. The van der Waals surface area contributed by atoms with E-state index in [1.807, 2.05) is 0 Å². The molecule has 1 N–H and O–H groups in total. The fourth-order valence-corrected chi connectivity index (χ4v) is 2.95. The number of nitrogens with zero attached hydrogens (tertiary/aromatic N) is 1. The second-order valence-electron chi connectivity index (χ2n) is 4.57. The number of hydrogen-bond donors (Lipinski definition) is 1. The van der Waals surface area contributed by atoms with Gasteiger partial charge in [0, 0.05) is 31.5 Å². The lowest BCUT2D eigenvalue weighted by Gasteiger charge is -2.20. The number of aromatic nitrogens is 1. The molecule has 2 nitrogen and oxygen atoms in total. The molecule has 0 radical (unpaired) electrons. The molecule has 2 aliphatic rings. The van der Waals surface area contributed by atoms with Gasteiger partial charge in [-0.05, 0) is 30.4 Å². The van der Waals surface area contributed by atoms with Crippen LogP contribution in [0, 0.1) is 0 Å². The molecule has 1 fully saturated rings. The van der Waals surface area contributed by atoms with Crippen LogP contribution < -0.4 is 5.32 Å². The van der Waals surface area contributed by atoms with Crippen LogP contribution in [0.2, 0.25) is 0 Å². The van der Waals surface area contributed by atoms with Crippen LogP contribution in [-0.4, -0.2) is 11.1 Å². The highest BCUT2D eigenvalue weighted by Crippen LogP contribution is 2.36. The SMILES string of the molecule is c1cn2c(c1C1CCCC1)CNCC2. The monoisotopic (exact) mass is 190 g/mol. The Bertz CT molecular complexity index is 321. The molecule has 1 aromatic rings. The molecule has 1 aliphatic carbocycles. The molecule has 2 heterocycles. The van der Waals surface area contributed by atoms with E-state index in [-0.39, 0.29) is 0 Å². The molecule has 0 amide bonds. The molecule has 14 heavy (non-hydrogen) atoms. The van der Waals surface area contributed by atoms with Gasteiger partial charge in [-0.15, -0.1) is 0 Å². The van der Waals surface area contributed by atoms with Gasteiger partial charge in [0.15, 0.2) is 0 Å². The van der Waals surface area contributed by atoms with Crippen LogP contribution in [0.15, 0.2) is 12.3 Å². The van der Waals surface area contributed by atoms with E-state index in [9.17, 15) is 0 Å². The molecular weight excluding hydrogens is 172 g/mol. The van der Waals surface area contributed by atoms with E-state index in [1.54, 1.807) is 11.3 Å². The van der Waals surface area contributed by atoms with E-state index < -0.39 is 0 Å². The van der Waals surface area contributed by atoms with Crippen molar-refractivity contribution in [2.75, 3.05) is 6.54 Å². The summed E-state index contributed by atoms with van der Waals surface area (Å²) in [7, 11) is 0. The van der Waals surface area contributed by atoms with Crippen LogP contribution in [0.3, 0.4) is 0 Å². The lowest BCUT2D eigenvalue weighted by Crippen LogP contribution is -2.28.